The lowest BCUT2D eigenvalue weighted by molar-refractivity contribution is 0.0784. The van der Waals surface area contributed by atoms with E-state index in [1.807, 2.05) is 32.9 Å². The molecule has 1 N–H and O–H groups in total. The summed E-state index contributed by atoms with van der Waals surface area (Å²) in [7, 11) is 0. The lowest BCUT2D eigenvalue weighted by atomic mass is 10.1. The molecule has 0 bridgehead atoms. The molecule has 0 aliphatic carbocycles. The van der Waals surface area contributed by atoms with Crippen molar-refractivity contribution in [2.75, 3.05) is 18.4 Å². The first-order valence-electron chi connectivity index (χ1n) is 9.48. The summed E-state index contributed by atoms with van der Waals surface area (Å²) in [6, 6.07) is 3.78. The van der Waals surface area contributed by atoms with Gasteiger partial charge in [-0.15, -0.1) is 0 Å². The van der Waals surface area contributed by atoms with Crippen LogP contribution in [0.2, 0.25) is 0 Å². The fourth-order valence-corrected chi connectivity index (χ4v) is 3.46. The highest BCUT2D eigenvalue weighted by Gasteiger charge is 2.30. The number of amides is 1. The zero-order valence-corrected chi connectivity index (χ0v) is 16.6. The van der Waals surface area contributed by atoms with Crippen LogP contribution in [-0.4, -0.2) is 53.8 Å². The van der Waals surface area contributed by atoms with E-state index in [1.54, 1.807) is 11.1 Å². The van der Waals surface area contributed by atoms with Crippen molar-refractivity contribution in [2.45, 2.75) is 33.1 Å². The Kier molecular flexibility index (Phi) is 5.11. The standard InChI is InChI=1S/C20H22N8O/c1-12-8-13(2)25-20(24-12)27-17-9-14(3)23-18(26-17)15-4-7-28(11-15)19(29)16-10-21-5-6-22-16/h5-6,8-10,15H,4,7,11H2,1-3H3,(H,23,24,25,26,27)/t15-/m1/s1. The first kappa shape index (κ1) is 18.9. The third-order valence-corrected chi connectivity index (χ3v) is 4.72. The molecule has 1 fully saturated rings. The van der Waals surface area contributed by atoms with E-state index in [9.17, 15) is 4.79 Å². The Morgan fingerprint density at radius 1 is 1.03 bits per heavy atom. The average Bonchev–Trinajstić information content (AvgIpc) is 3.17. The van der Waals surface area contributed by atoms with Crippen LogP contribution in [0.15, 0.2) is 30.7 Å². The number of hydrogen-bond donors (Lipinski definition) is 1. The van der Waals surface area contributed by atoms with Crippen LogP contribution in [0.4, 0.5) is 11.8 Å². The SMILES string of the molecule is Cc1cc(C)nc(Nc2cc(C)nc([C@@H]3CCN(C(=O)c4cnccn4)C3)n2)n1. The summed E-state index contributed by atoms with van der Waals surface area (Å²) in [6.45, 7) is 6.98. The van der Waals surface area contributed by atoms with Crippen LogP contribution in [0.25, 0.3) is 0 Å². The number of nitrogens with one attached hydrogen (secondary N) is 1. The molecule has 1 aliphatic rings. The van der Waals surface area contributed by atoms with E-state index in [-0.39, 0.29) is 11.8 Å². The van der Waals surface area contributed by atoms with Crippen molar-refractivity contribution in [2.24, 2.45) is 0 Å². The van der Waals surface area contributed by atoms with Gasteiger partial charge >= 0.3 is 0 Å². The Balaban J connectivity index is 1.51. The number of nitrogens with zero attached hydrogens (tertiary/aromatic N) is 7. The van der Waals surface area contributed by atoms with Gasteiger partial charge in [0.25, 0.3) is 5.91 Å². The molecule has 1 atom stereocenters. The highest BCUT2D eigenvalue weighted by Crippen LogP contribution is 2.27. The van der Waals surface area contributed by atoms with E-state index in [2.05, 4.69) is 35.2 Å². The molecule has 4 rings (SSSR count). The first-order chi connectivity index (χ1) is 14.0. The number of likely N-dealkylation sites (tertiary alicyclic amines) is 1. The van der Waals surface area contributed by atoms with Gasteiger partial charge in [0.1, 0.15) is 17.3 Å². The van der Waals surface area contributed by atoms with Crippen molar-refractivity contribution >= 4 is 17.7 Å². The van der Waals surface area contributed by atoms with Crippen LogP contribution < -0.4 is 5.32 Å². The van der Waals surface area contributed by atoms with E-state index >= 15 is 0 Å². The van der Waals surface area contributed by atoms with Gasteiger partial charge in [0, 0.05) is 54.5 Å². The van der Waals surface area contributed by atoms with Gasteiger partial charge in [-0.3, -0.25) is 9.78 Å². The van der Waals surface area contributed by atoms with E-state index in [1.165, 1.54) is 12.4 Å². The van der Waals surface area contributed by atoms with Crippen molar-refractivity contribution < 1.29 is 4.79 Å². The summed E-state index contributed by atoms with van der Waals surface area (Å²) in [6.07, 6.45) is 5.37. The number of aromatic nitrogens is 6. The van der Waals surface area contributed by atoms with Gasteiger partial charge in [-0.25, -0.2) is 24.9 Å². The summed E-state index contributed by atoms with van der Waals surface area (Å²) >= 11 is 0. The number of aryl methyl sites for hydroxylation is 3. The molecule has 0 saturated carbocycles. The lowest BCUT2D eigenvalue weighted by Gasteiger charge is -2.16. The summed E-state index contributed by atoms with van der Waals surface area (Å²) in [5.41, 5.74) is 2.98. The molecule has 0 radical (unpaired) electrons. The molecule has 9 heteroatoms. The number of hydrogen-bond acceptors (Lipinski definition) is 8. The van der Waals surface area contributed by atoms with Crippen LogP contribution in [0, 0.1) is 20.8 Å². The fraction of sp³-hybridized carbons (Fsp3) is 0.350. The van der Waals surface area contributed by atoms with Gasteiger partial charge in [0.2, 0.25) is 5.95 Å². The molecule has 0 unspecified atom stereocenters. The molecular weight excluding hydrogens is 368 g/mol. The van der Waals surface area contributed by atoms with Crippen LogP contribution >= 0.6 is 0 Å². The summed E-state index contributed by atoms with van der Waals surface area (Å²) in [4.78, 5) is 40.6. The maximum Gasteiger partial charge on any atom is 0.274 e. The van der Waals surface area contributed by atoms with Gasteiger partial charge < -0.3 is 10.2 Å². The highest BCUT2D eigenvalue weighted by molar-refractivity contribution is 5.92. The summed E-state index contributed by atoms with van der Waals surface area (Å²) in [5.74, 6) is 1.83. The molecule has 148 valence electrons. The van der Waals surface area contributed by atoms with Crippen LogP contribution in [-0.2, 0) is 0 Å². The van der Waals surface area contributed by atoms with Crippen molar-refractivity contribution in [3.63, 3.8) is 0 Å². The molecule has 4 heterocycles. The van der Waals surface area contributed by atoms with Crippen molar-refractivity contribution in [1.29, 1.82) is 0 Å². The van der Waals surface area contributed by atoms with E-state index in [0.29, 0.717) is 36.4 Å². The highest BCUT2D eigenvalue weighted by atomic mass is 16.2. The minimum atomic E-state index is -0.116. The first-order valence-corrected chi connectivity index (χ1v) is 9.48. The third kappa shape index (κ3) is 4.34. The summed E-state index contributed by atoms with van der Waals surface area (Å²) in [5, 5.41) is 3.18. The number of rotatable bonds is 4. The van der Waals surface area contributed by atoms with Crippen LogP contribution in [0.1, 0.15) is 45.7 Å². The van der Waals surface area contributed by atoms with Gasteiger partial charge in [0.05, 0.1) is 6.20 Å². The van der Waals surface area contributed by atoms with E-state index < -0.39 is 0 Å². The quantitative estimate of drug-likeness (QED) is 0.723. The number of carbonyl (C=O) groups is 1. The number of anilines is 2. The Morgan fingerprint density at radius 2 is 1.79 bits per heavy atom. The molecule has 1 amide bonds. The van der Waals surface area contributed by atoms with Gasteiger partial charge in [0.15, 0.2) is 0 Å². The van der Waals surface area contributed by atoms with Crippen molar-refractivity contribution in [3.8, 4) is 0 Å². The Labute approximate surface area is 168 Å². The minimum absolute atomic E-state index is 0.0660. The molecule has 0 aromatic carbocycles. The molecule has 9 nitrogen and oxygen atoms in total. The van der Waals surface area contributed by atoms with E-state index in [0.717, 1.165) is 23.5 Å². The maximum atomic E-state index is 12.6. The molecule has 3 aromatic rings. The minimum Gasteiger partial charge on any atom is -0.337 e. The average molecular weight is 390 g/mol. The largest absolute Gasteiger partial charge is 0.337 e. The molecule has 29 heavy (non-hydrogen) atoms. The van der Waals surface area contributed by atoms with Gasteiger partial charge in [-0.2, -0.15) is 0 Å². The monoisotopic (exact) mass is 390 g/mol. The summed E-state index contributed by atoms with van der Waals surface area (Å²) < 4.78 is 0. The second kappa shape index (κ2) is 7.86. The normalized spacial score (nSPS) is 16.1. The number of carbonyl (C=O) groups excluding carboxylic acids is 1. The fourth-order valence-electron chi connectivity index (χ4n) is 3.46. The smallest absolute Gasteiger partial charge is 0.274 e. The van der Waals surface area contributed by atoms with Crippen molar-refractivity contribution in [3.05, 3.63) is 59.3 Å². The molecule has 1 saturated heterocycles. The third-order valence-electron chi connectivity index (χ3n) is 4.72. The zero-order chi connectivity index (χ0) is 20.4. The zero-order valence-electron chi connectivity index (χ0n) is 16.6. The van der Waals surface area contributed by atoms with E-state index in [4.69, 9.17) is 0 Å². The molecule has 0 spiro atoms. The lowest BCUT2D eigenvalue weighted by Crippen LogP contribution is -2.29. The topological polar surface area (TPSA) is 110 Å². The Hall–Kier alpha value is -3.49. The van der Waals surface area contributed by atoms with Gasteiger partial charge in [-0.05, 0) is 33.3 Å². The maximum absolute atomic E-state index is 12.6. The molecule has 3 aromatic heterocycles. The predicted octanol–water partition coefficient (Wildman–Crippen LogP) is 2.36. The Bertz CT molecular complexity index is 1020. The molecule has 1 aliphatic heterocycles. The van der Waals surface area contributed by atoms with Crippen LogP contribution in [0.5, 0.6) is 0 Å². The predicted molar refractivity (Wildman–Crippen MR) is 107 cm³/mol. The molecular formula is C20H22N8O. The van der Waals surface area contributed by atoms with Crippen LogP contribution in [0.3, 0.4) is 0 Å². The van der Waals surface area contributed by atoms with Crippen molar-refractivity contribution in [1.82, 2.24) is 34.8 Å². The van der Waals surface area contributed by atoms with Gasteiger partial charge in [-0.1, -0.05) is 0 Å². The Morgan fingerprint density at radius 3 is 2.52 bits per heavy atom. The second-order valence-corrected chi connectivity index (χ2v) is 7.18. The second-order valence-electron chi connectivity index (χ2n) is 7.18.